The highest BCUT2D eigenvalue weighted by Crippen LogP contribution is 2.28. The fraction of sp³-hybridized carbons (Fsp3) is 0.350. The minimum absolute atomic E-state index is 0.165. The molecule has 4 rings (SSSR count). The molecule has 3 aromatic heterocycles. The third-order valence-corrected chi connectivity index (χ3v) is 5.13. The van der Waals surface area contributed by atoms with Gasteiger partial charge in [0.1, 0.15) is 12.0 Å². The van der Waals surface area contributed by atoms with Gasteiger partial charge in [-0.25, -0.2) is 14.5 Å². The highest BCUT2D eigenvalue weighted by Gasteiger charge is 2.18. The lowest BCUT2D eigenvalue weighted by Gasteiger charge is -2.11. The summed E-state index contributed by atoms with van der Waals surface area (Å²) >= 11 is 0. The van der Waals surface area contributed by atoms with Crippen LogP contribution in [-0.4, -0.2) is 50.0 Å². The van der Waals surface area contributed by atoms with Gasteiger partial charge in [0.25, 0.3) is 0 Å². The summed E-state index contributed by atoms with van der Waals surface area (Å²) < 4.78 is 3.90. The molecule has 0 atom stereocenters. The van der Waals surface area contributed by atoms with E-state index in [9.17, 15) is 5.11 Å². The zero-order valence-corrected chi connectivity index (χ0v) is 16.1. The fourth-order valence-corrected chi connectivity index (χ4v) is 3.46. The minimum Gasteiger partial charge on any atom is -0.396 e. The van der Waals surface area contributed by atoms with Crippen molar-refractivity contribution in [1.82, 2.24) is 24.1 Å². The second-order valence-electron chi connectivity index (χ2n) is 7.03. The van der Waals surface area contributed by atoms with Crippen LogP contribution in [0.4, 0.5) is 5.69 Å². The molecule has 0 aliphatic heterocycles. The van der Waals surface area contributed by atoms with E-state index in [1.165, 1.54) is 0 Å². The highest BCUT2D eigenvalue weighted by atomic mass is 16.3. The molecule has 0 aliphatic rings. The van der Waals surface area contributed by atoms with Crippen LogP contribution in [0.1, 0.15) is 17.7 Å². The first-order chi connectivity index (χ1) is 13.0. The Morgan fingerprint density at radius 3 is 2.48 bits per heavy atom. The van der Waals surface area contributed by atoms with Crippen LogP contribution in [0.3, 0.4) is 0 Å². The van der Waals surface area contributed by atoms with Crippen molar-refractivity contribution in [2.45, 2.75) is 26.8 Å². The molecular formula is C20H24N6O. The number of aliphatic hydroxyl groups is 1. The first kappa shape index (κ1) is 17.5. The van der Waals surface area contributed by atoms with Gasteiger partial charge in [0.15, 0.2) is 11.5 Å². The largest absolute Gasteiger partial charge is 0.396 e. The molecule has 7 heteroatoms. The van der Waals surface area contributed by atoms with Crippen molar-refractivity contribution >= 4 is 22.4 Å². The van der Waals surface area contributed by atoms with Crippen molar-refractivity contribution in [3.63, 3.8) is 0 Å². The third kappa shape index (κ3) is 2.84. The van der Waals surface area contributed by atoms with Crippen molar-refractivity contribution in [3.8, 4) is 11.4 Å². The molecule has 3 heterocycles. The smallest absolute Gasteiger partial charge is 0.182 e. The monoisotopic (exact) mass is 364 g/mol. The van der Waals surface area contributed by atoms with Crippen molar-refractivity contribution < 1.29 is 5.11 Å². The van der Waals surface area contributed by atoms with Crippen LogP contribution in [0.2, 0.25) is 0 Å². The summed E-state index contributed by atoms with van der Waals surface area (Å²) in [5.41, 5.74) is 6.13. The molecule has 0 bridgehead atoms. The van der Waals surface area contributed by atoms with E-state index in [2.05, 4.69) is 45.5 Å². The summed E-state index contributed by atoms with van der Waals surface area (Å²) in [5.74, 6) is 0.690. The van der Waals surface area contributed by atoms with E-state index in [4.69, 9.17) is 4.98 Å². The molecule has 0 saturated carbocycles. The van der Waals surface area contributed by atoms with Crippen molar-refractivity contribution in [1.29, 1.82) is 0 Å². The molecule has 0 radical (unpaired) electrons. The van der Waals surface area contributed by atoms with Crippen LogP contribution in [-0.2, 0) is 6.54 Å². The van der Waals surface area contributed by atoms with Crippen LogP contribution in [0.15, 0.2) is 30.6 Å². The van der Waals surface area contributed by atoms with E-state index >= 15 is 0 Å². The Morgan fingerprint density at radius 1 is 1.07 bits per heavy atom. The zero-order valence-electron chi connectivity index (χ0n) is 16.1. The lowest BCUT2D eigenvalue weighted by Crippen LogP contribution is -2.07. The van der Waals surface area contributed by atoms with E-state index in [0.717, 1.165) is 45.7 Å². The van der Waals surface area contributed by atoms with Gasteiger partial charge in [0.2, 0.25) is 0 Å². The summed E-state index contributed by atoms with van der Waals surface area (Å²) in [6, 6.07) is 8.21. The maximum Gasteiger partial charge on any atom is 0.182 e. The molecule has 0 spiro atoms. The van der Waals surface area contributed by atoms with Gasteiger partial charge in [0.05, 0.1) is 5.39 Å². The number of hydrogen-bond donors (Lipinski definition) is 1. The number of anilines is 1. The summed E-state index contributed by atoms with van der Waals surface area (Å²) in [7, 11) is 4.04. The van der Waals surface area contributed by atoms with E-state index in [-0.39, 0.29) is 6.61 Å². The standard InChI is InChI=1S/C20H24N6O/c1-13-14(2)25(10-5-11-27)19-17(13)20-22-18(23-26(20)12-21-19)15-6-8-16(9-7-15)24(3)4/h6-9,12,27H,5,10-11H2,1-4H3. The SMILES string of the molecule is Cc1c(C)n(CCCO)c2ncn3nc(-c4ccc(N(C)C)cc4)nc3c12. The predicted molar refractivity (Wildman–Crippen MR) is 107 cm³/mol. The van der Waals surface area contributed by atoms with Gasteiger partial charge in [-0.3, -0.25) is 0 Å². The van der Waals surface area contributed by atoms with Crippen LogP contribution < -0.4 is 4.90 Å². The molecule has 0 unspecified atom stereocenters. The van der Waals surface area contributed by atoms with Crippen LogP contribution in [0, 0.1) is 13.8 Å². The van der Waals surface area contributed by atoms with E-state index in [1.807, 2.05) is 26.2 Å². The first-order valence-corrected chi connectivity index (χ1v) is 9.10. The van der Waals surface area contributed by atoms with Gasteiger partial charge < -0.3 is 14.6 Å². The summed E-state index contributed by atoms with van der Waals surface area (Å²) in [5, 5.41) is 14.8. The quantitative estimate of drug-likeness (QED) is 0.590. The van der Waals surface area contributed by atoms with Crippen LogP contribution in [0.5, 0.6) is 0 Å². The Labute approximate surface area is 157 Å². The molecular weight excluding hydrogens is 340 g/mol. The highest BCUT2D eigenvalue weighted by molar-refractivity contribution is 5.94. The van der Waals surface area contributed by atoms with Gasteiger partial charge in [-0.05, 0) is 50.1 Å². The summed E-state index contributed by atoms with van der Waals surface area (Å²) in [6.45, 7) is 5.08. The molecule has 0 saturated heterocycles. The lowest BCUT2D eigenvalue weighted by atomic mass is 10.2. The zero-order chi connectivity index (χ0) is 19.1. The number of aryl methyl sites for hydroxylation is 2. The maximum atomic E-state index is 9.19. The van der Waals surface area contributed by atoms with Gasteiger partial charge in [0, 0.05) is 44.2 Å². The predicted octanol–water partition coefficient (Wildman–Crippen LogP) is 2.81. The third-order valence-electron chi connectivity index (χ3n) is 5.13. The first-order valence-electron chi connectivity index (χ1n) is 9.10. The van der Waals surface area contributed by atoms with Gasteiger partial charge >= 0.3 is 0 Å². The number of aliphatic hydroxyl groups excluding tert-OH is 1. The van der Waals surface area contributed by atoms with Gasteiger partial charge in [-0.15, -0.1) is 5.10 Å². The van der Waals surface area contributed by atoms with Crippen LogP contribution >= 0.6 is 0 Å². The molecule has 4 aromatic rings. The number of aromatic nitrogens is 5. The topological polar surface area (TPSA) is 71.5 Å². The van der Waals surface area contributed by atoms with E-state index in [1.54, 1.807) is 10.8 Å². The molecule has 0 amide bonds. The van der Waals surface area contributed by atoms with E-state index < -0.39 is 0 Å². The Hall–Kier alpha value is -2.93. The van der Waals surface area contributed by atoms with Gasteiger partial charge in [-0.1, -0.05) is 0 Å². The molecule has 140 valence electrons. The lowest BCUT2D eigenvalue weighted by molar-refractivity contribution is 0.280. The Bertz CT molecular complexity index is 1110. The van der Waals surface area contributed by atoms with Crippen molar-refractivity contribution in [3.05, 3.63) is 41.9 Å². The second kappa shape index (κ2) is 6.66. The summed E-state index contributed by atoms with van der Waals surface area (Å²) in [6.07, 6.45) is 2.42. The van der Waals surface area contributed by atoms with Crippen molar-refractivity contribution in [2.24, 2.45) is 0 Å². The molecule has 1 aromatic carbocycles. The Morgan fingerprint density at radius 2 is 1.81 bits per heavy atom. The molecule has 1 N–H and O–H groups in total. The number of rotatable bonds is 5. The van der Waals surface area contributed by atoms with Gasteiger partial charge in [-0.2, -0.15) is 0 Å². The minimum atomic E-state index is 0.165. The molecule has 7 nitrogen and oxygen atoms in total. The van der Waals surface area contributed by atoms with E-state index in [0.29, 0.717) is 12.2 Å². The van der Waals surface area contributed by atoms with Crippen LogP contribution in [0.25, 0.3) is 28.1 Å². The summed E-state index contributed by atoms with van der Waals surface area (Å²) in [4.78, 5) is 11.5. The fourth-order valence-electron chi connectivity index (χ4n) is 3.46. The molecule has 27 heavy (non-hydrogen) atoms. The molecule has 0 aliphatic carbocycles. The average Bonchev–Trinajstić information content (AvgIpc) is 3.20. The number of hydrogen-bond acceptors (Lipinski definition) is 5. The maximum absolute atomic E-state index is 9.19. The number of fused-ring (bicyclic) bond motifs is 3. The molecule has 0 fully saturated rings. The van der Waals surface area contributed by atoms with Crippen molar-refractivity contribution in [2.75, 3.05) is 25.6 Å². The average molecular weight is 364 g/mol. The number of benzene rings is 1. The Balaban J connectivity index is 1.86. The number of nitrogens with zero attached hydrogens (tertiary/aromatic N) is 6. The Kier molecular flexibility index (Phi) is 4.31. The second-order valence-corrected chi connectivity index (χ2v) is 7.03. The normalized spacial score (nSPS) is 11.6.